The lowest BCUT2D eigenvalue weighted by Crippen LogP contribution is -2.34. The molecule has 0 aliphatic carbocycles. The Labute approximate surface area is 100 Å². The van der Waals surface area contributed by atoms with Gasteiger partial charge in [0.2, 0.25) is 5.91 Å². The van der Waals surface area contributed by atoms with Gasteiger partial charge in [-0.15, -0.1) is 0 Å². The molecule has 0 fully saturated rings. The van der Waals surface area contributed by atoms with Crippen molar-refractivity contribution in [2.45, 2.75) is 20.3 Å². The summed E-state index contributed by atoms with van der Waals surface area (Å²) in [5.74, 6) is -1.21. The van der Waals surface area contributed by atoms with E-state index in [2.05, 4.69) is 4.98 Å². The first-order valence-corrected chi connectivity index (χ1v) is 5.24. The van der Waals surface area contributed by atoms with Gasteiger partial charge in [-0.2, -0.15) is 0 Å². The molecular formula is C12H16N2O3. The molecule has 1 N–H and O–H groups in total. The van der Waals surface area contributed by atoms with E-state index in [0.717, 1.165) is 0 Å². The molecule has 0 saturated heterocycles. The van der Waals surface area contributed by atoms with Crippen molar-refractivity contribution in [1.29, 1.82) is 0 Å². The number of carboxylic acid groups (broad SMARTS) is 1. The third-order valence-electron chi connectivity index (χ3n) is 2.60. The zero-order valence-electron chi connectivity index (χ0n) is 10.2. The first-order valence-electron chi connectivity index (χ1n) is 5.24. The van der Waals surface area contributed by atoms with Crippen molar-refractivity contribution in [2.24, 2.45) is 5.41 Å². The van der Waals surface area contributed by atoms with E-state index in [0.29, 0.717) is 5.69 Å². The lowest BCUT2D eigenvalue weighted by Gasteiger charge is -2.23. The van der Waals surface area contributed by atoms with E-state index in [-0.39, 0.29) is 12.3 Å². The van der Waals surface area contributed by atoms with E-state index in [9.17, 15) is 9.59 Å². The molecule has 5 nitrogen and oxygen atoms in total. The Kier molecular flexibility index (Phi) is 3.83. The minimum Gasteiger partial charge on any atom is -0.481 e. The van der Waals surface area contributed by atoms with Gasteiger partial charge < -0.3 is 10.0 Å². The second kappa shape index (κ2) is 4.95. The number of hydrogen-bond acceptors (Lipinski definition) is 3. The van der Waals surface area contributed by atoms with Gasteiger partial charge in [0.1, 0.15) is 0 Å². The van der Waals surface area contributed by atoms with E-state index >= 15 is 0 Å². The van der Waals surface area contributed by atoms with Crippen LogP contribution in [0.15, 0.2) is 24.5 Å². The number of aliphatic carboxylic acids is 1. The summed E-state index contributed by atoms with van der Waals surface area (Å²) in [4.78, 5) is 28.1. The molecule has 92 valence electrons. The summed E-state index contributed by atoms with van der Waals surface area (Å²) in [6.07, 6.45) is 3.13. The molecule has 0 bridgehead atoms. The van der Waals surface area contributed by atoms with Crippen molar-refractivity contribution < 1.29 is 14.7 Å². The summed E-state index contributed by atoms with van der Waals surface area (Å²) >= 11 is 0. The van der Waals surface area contributed by atoms with Gasteiger partial charge in [-0.25, -0.2) is 0 Å². The maximum Gasteiger partial charge on any atom is 0.309 e. The maximum atomic E-state index is 11.9. The van der Waals surface area contributed by atoms with Crippen molar-refractivity contribution in [3.8, 4) is 0 Å². The van der Waals surface area contributed by atoms with Crippen LogP contribution in [0, 0.1) is 5.41 Å². The Morgan fingerprint density at radius 1 is 1.35 bits per heavy atom. The number of hydrogen-bond donors (Lipinski definition) is 1. The zero-order valence-corrected chi connectivity index (χ0v) is 10.2. The highest BCUT2D eigenvalue weighted by atomic mass is 16.4. The van der Waals surface area contributed by atoms with Crippen LogP contribution < -0.4 is 4.90 Å². The van der Waals surface area contributed by atoms with Crippen LogP contribution >= 0.6 is 0 Å². The van der Waals surface area contributed by atoms with Gasteiger partial charge in [-0.3, -0.25) is 14.6 Å². The zero-order chi connectivity index (χ0) is 13.1. The van der Waals surface area contributed by atoms with Crippen molar-refractivity contribution >= 4 is 17.6 Å². The molecule has 0 atom stereocenters. The molecule has 1 amide bonds. The van der Waals surface area contributed by atoms with Gasteiger partial charge in [0.25, 0.3) is 0 Å². The molecule has 0 saturated carbocycles. The normalized spacial score (nSPS) is 11.0. The fourth-order valence-corrected chi connectivity index (χ4v) is 1.28. The van der Waals surface area contributed by atoms with Crippen molar-refractivity contribution in [3.63, 3.8) is 0 Å². The molecule has 0 spiro atoms. The number of nitrogens with zero attached hydrogens (tertiary/aromatic N) is 2. The third-order valence-corrected chi connectivity index (χ3v) is 2.60. The number of anilines is 1. The quantitative estimate of drug-likeness (QED) is 0.860. The van der Waals surface area contributed by atoms with Crippen LogP contribution in [0.4, 0.5) is 5.69 Å². The largest absolute Gasteiger partial charge is 0.481 e. The second-order valence-electron chi connectivity index (χ2n) is 4.52. The van der Waals surface area contributed by atoms with Gasteiger partial charge in [0.15, 0.2) is 0 Å². The van der Waals surface area contributed by atoms with Crippen LogP contribution in [0.3, 0.4) is 0 Å². The predicted molar refractivity (Wildman–Crippen MR) is 63.7 cm³/mol. The summed E-state index contributed by atoms with van der Waals surface area (Å²) in [6, 6.07) is 3.40. The highest BCUT2D eigenvalue weighted by Gasteiger charge is 2.31. The smallest absolute Gasteiger partial charge is 0.309 e. The van der Waals surface area contributed by atoms with Crippen LogP contribution in [0.5, 0.6) is 0 Å². The van der Waals surface area contributed by atoms with Crippen molar-refractivity contribution in [1.82, 2.24) is 4.98 Å². The monoisotopic (exact) mass is 236 g/mol. The van der Waals surface area contributed by atoms with Crippen LogP contribution in [-0.4, -0.2) is 29.0 Å². The minimum absolute atomic E-state index is 0.0405. The molecule has 1 aromatic rings. The Balaban J connectivity index is 2.75. The fraction of sp³-hybridized carbons (Fsp3) is 0.417. The first kappa shape index (κ1) is 13.2. The molecule has 0 unspecified atom stereocenters. The summed E-state index contributed by atoms with van der Waals surface area (Å²) < 4.78 is 0. The number of carbonyl (C=O) groups is 2. The summed E-state index contributed by atoms with van der Waals surface area (Å²) in [5, 5.41) is 8.96. The van der Waals surface area contributed by atoms with Gasteiger partial charge in [0, 0.05) is 31.5 Å². The fourth-order valence-electron chi connectivity index (χ4n) is 1.28. The Morgan fingerprint density at radius 3 is 2.35 bits per heavy atom. The van der Waals surface area contributed by atoms with Crippen LogP contribution in [0.25, 0.3) is 0 Å². The van der Waals surface area contributed by atoms with E-state index in [1.54, 1.807) is 31.6 Å². The highest BCUT2D eigenvalue weighted by molar-refractivity contribution is 5.95. The lowest BCUT2D eigenvalue weighted by atomic mass is 9.89. The minimum atomic E-state index is -1.06. The van der Waals surface area contributed by atoms with Gasteiger partial charge in [-0.05, 0) is 26.0 Å². The van der Waals surface area contributed by atoms with Crippen molar-refractivity contribution in [3.05, 3.63) is 24.5 Å². The molecule has 0 aliphatic heterocycles. The third kappa shape index (κ3) is 3.27. The number of aromatic nitrogens is 1. The van der Waals surface area contributed by atoms with Crippen LogP contribution in [0.1, 0.15) is 20.3 Å². The molecule has 1 heterocycles. The first-order chi connectivity index (χ1) is 7.84. The SMILES string of the molecule is CN(C(=O)CC(C)(C)C(=O)O)c1ccncc1. The van der Waals surface area contributed by atoms with Crippen LogP contribution in [-0.2, 0) is 9.59 Å². The van der Waals surface area contributed by atoms with E-state index in [4.69, 9.17) is 5.11 Å². The average molecular weight is 236 g/mol. The number of amides is 1. The second-order valence-corrected chi connectivity index (χ2v) is 4.52. The van der Waals surface area contributed by atoms with Gasteiger partial charge in [-0.1, -0.05) is 0 Å². The van der Waals surface area contributed by atoms with E-state index < -0.39 is 11.4 Å². The molecule has 1 rings (SSSR count). The molecule has 0 aromatic carbocycles. The molecular weight excluding hydrogens is 220 g/mol. The number of carbonyl (C=O) groups excluding carboxylic acids is 1. The Bertz CT molecular complexity index is 415. The molecule has 17 heavy (non-hydrogen) atoms. The number of rotatable bonds is 4. The van der Waals surface area contributed by atoms with E-state index in [1.165, 1.54) is 18.7 Å². The van der Waals surface area contributed by atoms with E-state index in [1.807, 2.05) is 0 Å². The number of carboxylic acids is 1. The molecule has 1 aromatic heterocycles. The van der Waals surface area contributed by atoms with Gasteiger partial charge >= 0.3 is 5.97 Å². The highest BCUT2D eigenvalue weighted by Crippen LogP contribution is 2.23. The summed E-state index contributed by atoms with van der Waals surface area (Å²) in [7, 11) is 1.62. The Hall–Kier alpha value is -1.91. The average Bonchev–Trinajstić information content (AvgIpc) is 2.28. The molecule has 5 heteroatoms. The maximum absolute atomic E-state index is 11.9. The van der Waals surface area contributed by atoms with Gasteiger partial charge in [0.05, 0.1) is 5.41 Å². The summed E-state index contributed by atoms with van der Waals surface area (Å²) in [5.41, 5.74) is -0.357. The standard InChI is InChI=1S/C12H16N2O3/c1-12(2,11(16)17)8-10(15)14(3)9-4-6-13-7-5-9/h4-7H,8H2,1-3H3,(H,16,17). The van der Waals surface area contributed by atoms with Crippen molar-refractivity contribution in [2.75, 3.05) is 11.9 Å². The van der Waals surface area contributed by atoms with Crippen LogP contribution in [0.2, 0.25) is 0 Å². The topological polar surface area (TPSA) is 70.5 Å². The molecule has 0 aliphatic rings. The number of pyridine rings is 1. The Morgan fingerprint density at radius 2 is 1.88 bits per heavy atom. The summed E-state index contributed by atoms with van der Waals surface area (Å²) in [6.45, 7) is 3.07. The lowest BCUT2D eigenvalue weighted by molar-refractivity contribution is -0.149. The molecule has 0 radical (unpaired) electrons. The predicted octanol–water partition coefficient (Wildman–Crippen LogP) is 1.55.